The van der Waals surface area contributed by atoms with Crippen LogP contribution in [0, 0.1) is 27.7 Å². The van der Waals surface area contributed by atoms with Crippen molar-refractivity contribution in [1.82, 2.24) is 14.5 Å². The molecule has 0 spiro atoms. The molecule has 0 amide bonds. The molecule has 0 unspecified atom stereocenters. The Kier molecular flexibility index (Phi) is 2.42. The summed E-state index contributed by atoms with van der Waals surface area (Å²) in [6.07, 6.45) is 1.85. The van der Waals surface area contributed by atoms with Crippen LogP contribution in [-0.2, 0) is 0 Å². The van der Waals surface area contributed by atoms with E-state index in [0.717, 1.165) is 22.6 Å². The largest absolute Gasteiger partial charge is 0.494 e. The Bertz CT molecular complexity index is 543. The maximum atomic E-state index is 9.76. The van der Waals surface area contributed by atoms with E-state index >= 15 is 0 Å². The molecule has 0 aliphatic heterocycles. The molecule has 2 heterocycles. The zero-order chi connectivity index (χ0) is 11.9. The molecule has 4 heteroatoms. The van der Waals surface area contributed by atoms with Crippen LogP contribution in [0.2, 0.25) is 0 Å². The van der Waals surface area contributed by atoms with Crippen LogP contribution in [0.1, 0.15) is 22.6 Å². The van der Waals surface area contributed by atoms with E-state index in [9.17, 15) is 5.11 Å². The average Bonchev–Trinajstić information content (AvgIpc) is 2.51. The van der Waals surface area contributed by atoms with Crippen LogP contribution in [0.15, 0.2) is 12.3 Å². The van der Waals surface area contributed by atoms with Crippen molar-refractivity contribution in [3.05, 3.63) is 34.9 Å². The lowest BCUT2D eigenvalue weighted by Crippen LogP contribution is -2.04. The lowest BCUT2D eigenvalue weighted by molar-refractivity contribution is 0.441. The van der Waals surface area contributed by atoms with Crippen LogP contribution in [0.4, 0.5) is 0 Å². The van der Waals surface area contributed by atoms with Crippen LogP contribution in [0.25, 0.3) is 5.82 Å². The van der Waals surface area contributed by atoms with Gasteiger partial charge in [0.1, 0.15) is 0 Å². The molecule has 0 atom stereocenters. The molecule has 0 fully saturated rings. The molecule has 84 valence electrons. The number of aromatic nitrogens is 3. The van der Waals surface area contributed by atoms with E-state index in [-0.39, 0.29) is 5.88 Å². The predicted molar refractivity (Wildman–Crippen MR) is 62.0 cm³/mol. The Labute approximate surface area is 94.6 Å². The van der Waals surface area contributed by atoms with Crippen molar-refractivity contribution in [3.63, 3.8) is 0 Å². The third-order valence-electron chi connectivity index (χ3n) is 2.62. The highest BCUT2D eigenvalue weighted by molar-refractivity contribution is 5.37. The molecular formula is C12H15N3O. The van der Waals surface area contributed by atoms with Crippen LogP contribution >= 0.6 is 0 Å². The van der Waals surface area contributed by atoms with Gasteiger partial charge in [0, 0.05) is 12.3 Å². The molecule has 2 rings (SSSR count). The molecular weight excluding hydrogens is 202 g/mol. The number of aryl methyl sites for hydroxylation is 4. The fourth-order valence-corrected chi connectivity index (χ4v) is 1.68. The Balaban J connectivity index is 2.64. The lowest BCUT2D eigenvalue weighted by Gasteiger charge is -2.09. The van der Waals surface area contributed by atoms with E-state index < -0.39 is 0 Å². The van der Waals surface area contributed by atoms with Gasteiger partial charge in [-0.3, -0.25) is 9.55 Å². The number of rotatable bonds is 1. The van der Waals surface area contributed by atoms with E-state index in [1.165, 1.54) is 0 Å². The third-order valence-corrected chi connectivity index (χ3v) is 2.62. The Morgan fingerprint density at radius 2 is 1.62 bits per heavy atom. The van der Waals surface area contributed by atoms with Crippen molar-refractivity contribution < 1.29 is 5.11 Å². The maximum Gasteiger partial charge on any atom is 0.197 e. The first kappa shape index (κ1) is 10.7. The van der Waals surface area contributed by atoms with Crippen LogP contribution in [-0.4, -0.2) is 19.6 Å². The van der Waals surface area contributed by atoms with E-state index in [4.69, 9.17) is 0 Å². The number of hydrogen-bond acceptors (Lipinski definition) is 3. The van der Waals surface area contributed by atoms with Gasteiger partial charge in [0.05, 0.1) is 17.1 Å². The van der Waals surface area contributed by atoms with E-state index in [2.05, 4.69) is 9.97 Å². The van der Waals surface area contributed by atoms with Gasteiger partial charge in [0.2, 0.25) is 0 Å². The molecule has 0 aliphatic rings. The monoisotopic (exact) mass is 217 g/mol. The third kappa shape index (κ3) is 1.66. The van der Waals surface area contributed by atoms with Crippen molar-refractivity contribution in [1.29, 1.82) is 0 Å². The summed E-state index contributed by atoms with van der Waals surface area (Å²) in [5.74, 6) is 0.881. The van der Waals surface area contributed by atoms with Crippen molar-refractivity contribution in [2.45, 2.75) is 27.7 Å². The van der Waals surface area contributed by atoms with E-state index in [1.807, 2.05) is 33.9 Å². The Morgan fingerprint density at radius 1 is 1.00 bits per heavy atom. The summed E-state index contributed by atoms with van der Waals surface area (Å²) in [6.45, 7) is 7.67. The van der Waals surface area contributed by atoms with Gasteiger partial charge < -0.3 is 5.11 Å². The van der Waals surface area contributed by atoms with Crippen molar-refractivity contribution in [3.8, 4) is 11.7 Å². The van der Waals surface area contributed by atoms with Gasteiger partial charge in [-0.1, -0.05) is 0 Å². The molecule has 2 aromatic rings. The number of aromatic hydroxyl groups is 1. The van der Waals surface area contributed by atoms with Gasteiger partial charge >= 0.3 is 0 Å². The fraction of sp³-hybridized carbons (Fsp3) is 0.333. The minimum atomic E-state index is 0.193. The van der Waals surface area contributed by atoms with Crippen molar-refractivity contribution in [2.75, 3.05) is 0 Å². The van der Waals surface area contributed by atoms with Gasteiger partial charge in [-0.05, 0) is 33.3 Å². The minimum absolute atomic E-state index is 0.193. The second-order valence-electron chi connectivity index (χ2n) is 4.05. The molecule has 4 nitrogen and oxygen atoms in total. The molecule has 1 N–H and O–H groups in total. The molecule has 2 aromatic heterocycles. The summed E-state index contributed by atoms with van der Waals surface area (Å²) in [6, 6.07) is 1.70. The number of hydrogen-bond donors (Lipinski definition) is 1. The SMILES string of the molecule is Cc1cc(O)n(-c2nc(C)c(C)nc2C)c1. The topological polar surface area (TPSA) is 50.9 Å². The minimum Gasteiger partial charge on any atom is -0.494 e. The van der Waals surface area contributed by atoms with E-state index in [0.29, 0.717) is 5.82 Å². The molecule has 0 saturated heterocycles. The lowest BCUT2D eigenvalue weighted by atomic mass is 10.3. The summed E-state index contributed by atoms with van der Waals surface area (Å²) >= 11 is 0. The predicted octanol–water partition coefficient (Wildman–Crippen LogP) is 2.21. The van der Waals surface area contributed by atoms with Crippen LogP contribution in [0.5, 0.6) is 5.88 Å². The molecule has 0 bridgehead atoms. The van der Waals surface area contributed by atoms with E-state index in [1.54, 1.807) is 10.6 Å². The van der Waals surface area contributed by atoms with Gasteiger partial charge in [-0.2, -0.15) is 0 Å². The van der Waals surface area contributed by atoms with Gasteiger partial charge in [-0.15, -0.1) is 0 Å². The van der Waals surface area contributed by atoms with Gasteiger partial charge in [-0.25, -0.2) is 4.98 Å². The van der Waals surface area contributed by atoms with Crippen LogP contribution < -0.4 is 0 Å². The molecule has 0 radical (unpaired) electrons. The molecule has 0 aromatic carbocycles. The Hall–Kier alpha value is -1.84. The second kappa shape index (κ2) is 3.63. The zero-order valence-corrected chi connectivity index (χ0v) is 9.94. The highest BCUT2D eigenvalue weighted by Crippen LogP contribution is 2.21. The summed E-state index contributed by atoms with van der Waals surface area (Å²) in [5.41, 5.74) is 3.61. The van der Waals surface area contributed by atoms with Crippen molar-refractivity contribution in [2.24, 2.45) is 0 Å². The first-order valence-electron chi connectivity index (χ1n) is 5.19. The normalized spacial score (nSPS) is 10.8. The quantitative estimate of drug-likeness (QED) is 0.796. The highest BCUT2D eigenvalue weighted by atomic mass is 16.3. The first-order chi connectivity index (χ1) is 7.49. The second-order valence-corrected chi connectivity index (χ2v) is 4.05. The summed E-state index contributed by atoms with van der Waals surface area (Å²) in [7, 11) is 0. The first-order valence-corrected chi connectivity index (χ1v) is 5.19. The number of nitrogens with zero attached hydrogens (tertiary/aromatic N) is 3. The molecule has 0 aliphatic carbocycles. The summed E-state index contributed by atoms with van der Waals surface area (Å²) in [5, 5.41) is 9.76. The summed E-state index contributed by atoms with van der Waals surface area (Å²) in [4.78, 5) is 8.86. The summed E-state index contributed by atoms with van der Waals surface area (Å²) < 4.78 is 1.66. The smallest absolute Gasteiger partial charge is 0.197 e. The van der Waals surface area contributed by atoms with Gasteiger partial charge in [0.25, 0.3) is 0 Å². The molecule has 16 heavy (non-hydrogen) atoms. The standard InChI is InChI=1S/C12H15N3O/c1-7-5-11(16)15(6-7)12-10(4)13-8(2)9(3)14-12/h5-6,16H,1-4H3. The Morgan fingerprint density at radius 3 is 2.19 bits per heavy atom. The fourth-order valence-electron chi connectivity index (χ4n) is 1.68. The van der Waals surface area contributed by atoms with Gasteiger partial charge in [0.15, 0.2) is 11.7 Å². The zero-order valence-electron chi connectivity index (χ0n) is 9.94. The average molecular weight is 217 g/mol. The van der Waals surface area contributed by atoms with Crippen LogP contribution in [0.3, 0.4) is 0 Å². The molecule has 0 saturated carbocycles. The van der Waals surface area contributed by atoms with Crippen molar-refractivity contribution >= 4 is 0 Å². The highest BCUT2D eigenvalue weighted by Gasteiger charge is 2.10. The maximum absolute atomic E-state index is 9.76.